The maximum absolute atomic E-state index is 15.2. The SMILES string of the molecule is CN[C@@H](CO)O[C@H]1[C@H](O[C@@H]2OC=C3C(=O)O[C@H]4CC[C@H](CO)[C@@H]4CSS[C@@H]4[C@@H](CO)[NH+]5C=C(C(=O)O)C(NC(N)=NCCCO)=C(/C=C6\C#C[C@]4(C[C@@H]4CCN=C(N)N4)SSC/C=C/[C@@H]2[C@@H]36)C5)O[C@H](CO)[C@@H](O)C1(O)O. The molecule has 0 amide bonds. The molecule has 0 radical (unpaired) electrons. The highest BCUT2D eigenvalue weighted by Gasteiger charge is 2.59. The van der Waals surface area contributed by atoms with Crippen LogP contribution in [0.2, 0.25) is 0 Å². The second-order valence-electron chi connectivity index (χ2n) is 19.6. The molecule has 76 heavy (non-hydrogen) atoms. The van der Waals surface area contributed by atoms with Gasteiger partial charge in [-0.3, -0.25) is 20.2 Å². The number of nitrogens with one attached hydrogen (secondary N) is 4. The Labute approximate surface area is 455 Å². The number of carboxylic acids is 1. The lowest BCUT2D eigenvalue weighted by Crippen LogP contribution is -3.14. The third-order valence-electron chi connectivity index (χ3n) is 14.8. The lowest BCUT2D eigenvalue weighted by atomic mass is 9.76. The molecule has 0 spiro atoms. The van der Waals surface area contributed by atoms with Crippen molar-refractivity contribution in [2.75, 3.05) is 71.2 Å². The first-order chi connectivity index (χ1) is 36.6. The Morgan fingerprint density at radius 1 is 1.13 bits per heavy atom. The molecule has 0 aromatic heterocycles. The summed E-state index contributed by atoms with van der Waals surface area (Å²) in [6.45, 7) is -1.67. The number of quaternary nitrogens is 1. The maximum Gasteiger partial charge on any atom is 0.343 e. The number of allylic oxidation sites excluding steroid dienone is 1. The van der Waals surface area contributed by atoms with E-state index in [1.165, 1.54) is 56.5 Å². The summed E-state index contributed by atoms with van der Waals surface area (Å²) >= 11 is 0. The Bertz CT molecular complexity index is 2400. The number of aliphatic carboxylic acids is 1. The van der Waals surface area contributed by atoms with E-state index in [1.807, 2.05) is 6.08 Å². The number of nitrogens with zero attached hydrogens (tertiary/aromatic N) is 2. The molecule has 0 aromatic carbocycles. The number of nitrogens with two attached hydrogens (primary N) is 2. The average molecular weight is 1140 g/mol. The van der Waals surface area contributed by atoms with Gasteiger partial charge in [0.2, 0.25) is 12.1 Å². The van der Waals surface area contributed by atoms with Gasteiger partial charge in [-0.25, -0.2) is 9.59 Å². The van der Waals surface area contributed by atoms with Crippen LogP contribution in [0.25, 0.3) is 0 Å². The number of fused-ring (bicyclic) bond motifs is 3. The smallest absolute Gasteiger partial charge is 0.343 e. The van der Waals surface area contributed by atoms with Crippen molar-refractivity contribution in [1.29, 1.82) is 0 Å². The number of hydrogen-bond donors (Lipinski definition) is 15. The predicted octanol–water partition coefficient (Wildman–Crippen LogP) is -3.68. The summed E-state index contributed by atoms with van der Waals surface area (Å²) in [4.78, 5) is 38.1. The molecule has 1 saturated heterocycles. The average Bonchev–Trinajstić information content (AvgIpc) is 3.87. The molecule has 420 valence electrons. The molecule has 1 saturated carbocycles. The molecule has 6 bridgehead atoms. The lowest BCUT2D eigenvalue weighted by molar-refractivity contribution is -0.870. The van der Waals surface area contributed by atoms with Gasteiger partial charge >= 0.3 is 11.9 Å². The summed E-state index contributed by atoms with van der Waals surface area (Å²) in [5.74, 6) is 0.0956. The summed E-state index contributed by atoms with van der Waals surface area (Å²) in [6.07, 6.45) is -0.693. The van der Waals surface area contributed by atoms with E-state index in [2.05, 4.69) is 37.8 Å². The number of ether oxygens (including phenoxy) is 5. The topological polar surface area (TPSA) is 380 Å². The standard InChI is InChI=1S/C48H68N8O16S4/c1-51-35(21-61)71-39-44(70-34(20-60)38(62)48(39,66)67)72-43-28-4-2-13-73-76-47(15-27-8-11-53-45(49)54-27)9-7-24-14-26-16-56(17-29(41(63)64)37(26)55-46(50)52-10-3-12-57)32(19-59)40(47)75-74-23-31-25(18-58)5-6-33(31)69-42(65)30(22-68-43)36(24)28/h2,4,14,17,22,25,27-28,31-36,38-40,43-44,51,57-62,66-67H,3,5-6,8,10-13,15-16,18-21,23H2,1H3,(H,63,64)(H3,49,53,54)(H3,50,52,55)/p+1/b4-2+,24-14+/t25-,27+,28-,31+,32-,33+,34-,35-,36+,38-,39+,40-,43+,44+,47-/m1/s1. The van der Waals surface area contributed by atoms with Gasteiger partial charge in [-0.15, -0.1) is 0 Å². The maximum atomic E-state index is 15.2. The summed E-state index contributed by atoms with van der Waals surface area (Å²) in [5.41, 5.74) is 13.2. The van der Waals surface area contributed by atoms with Gasteiger partial charge in [-0.05, 0) is 51.1 Å². The Morgan fingerprint density at radius 3 is 2.66 bits per heavy atom. The van der Waals surface area contributed by atoms with Gasteiger partial charge in [0, 0.05) is 66.8 Å². The summed E-state index contributed by atoms with van der Waals surface area (Å²) < 4.78 is 30.2. The van der Waals surface area contributed by atoms with Crippen LogP contribution in [0.3, 0.4) is 0 Å². The third kappa shape index (κ3) is 12.7. The van der Waals surface area contributed by atoms with Crippen LogP contribution in [0.5, 0.6) is 0 Å². The number of carbonyl (C=O) groups is 2. The first-order valence-corrected chi connectivity index (χ1v) is 29.8. The van der Waals surface area contributed by atoms with Crippen LogP contribution in [0.15, 0.2) is 68.7 Å². The molecule has 7 heterocycles. The zero-order valence-electron chi connectivity index (χ0n) is 41.6. The number of hydrogen-bond acceptors (Lipinski definition) is 24. The van der Waals surface area contributed by atoms with E-state index in [-0.39, 0.29) is 84.9 Å². The molecular formula is C48H69N8O16S4+. The van der Waals surface area contributed by atoms with E-state index in [0.29, 0.717) is 54.2 Å². The Balaban J connectivity index is 1.39. The first-order valence-electron chi connectivity index (χ1n) is 25.1. The van der Waals surface area contributed by atoms with Crippen LogP contribution in [-0.4, -0.2) is 212 Å². The minimum atomic E-state index is -3.15. The molecule has 2 fully saturated rings. The van der Waals surface area contributed by atoms with Crippen molar-refractivity contribution in [3.63, 3.8) is 0 Å². The highest BCUT2D eigenvalue weighted by Crippen LogP contribution is 2.52. The fourth-order valence-electron chi connectivity index (χ4n) is 10.8. The zero-order valence-corrected chi connectivity index (χ0v) is 44.9. The summed E-state index contributed by atoms with van der Waals surface area (Å²) in [6, 6.07) is -0.967. The number of likely N-dealkylation sites (N-methyl/N-ethyl adjacent to an activating group) is 1. The van der Waals surface area contributed by atoms with Gasteiger partial charge in [0.05, 0.1) is 48.5 Å². The van der Waals surface area contributed by atoms with Crippen LogP contribution in [0.1, 0.15) is 32.1 Å². The fourth-order valence-corrected chi connectivity index (χ4v) is 17.9. The summed E-state index contributed by atoms with van der Waals surface area (Å²) in [5, 5.41) is 106. The van der Waals surface area contributed by atoms with E-state index in [1.54, 1.807) is 18.4 Å². The van der Waals surface area contributed by atoms with Crippen LogP contribution >= 0.6 is 43.2 Å². The van der Waals surface area contributed by atoms with Crippen LogP contribution in [0, 0.1) is 35.5 Å². The summed E-state index contributed by atoms with van der Waals surface area (Å²) in [7, 11) is 7.46. The van der Waals surface area contributed by atoms with Crippen molar-refractivity contribution in [3.05, 3.63) is 58.7 Å². The molecule has 8 aliphatic rings. The van der Waals surface area contributed by atoms with Crippen LogP contribution < -0.4 is 32.3 Å². The molecule has 8 rings (SSSR count). The minimum absolute atomic E-state index is 0.0188. The van der Waals surface area contributed by atoms with Gasteiger partial charge in [0.25, 0.3) is 0 Å². The predicted molar refractivity (Wildman–Crippen MR) is 283 cm³/mol. The van der Waals surface area contributed by atoms with E-state index in [9.17, 15) is 50.8 Å². The molecule has 1 unspecified atom stereocenters. The molecule has 0 aromatic rings. The Kier molecular flexibility index (Phi) is 20.1. The number of rotatable bonds is 16. The van der Waals surface area contributed by atoms with Crippen LogP contribution in [0.4, 0.5) is 0 Å². The number of aliphatic imine (C=N–C) groups is 2. The van der Waals surface area contributed by atoms with Gasteiger partial charge in [0.15, 0.2) is 24.3 Å². The zero-order chi connectivity index (χ0) is 54.3. The molecule has 7 aliphatic heterocycles. The largest absolute Gasteiger partial charge is 0.477 e. The number of carbonyl (C=O) groups excluding carboxylic acids is 1. The number of aliphatic hydroxyl groups is 8. The van der Waals surface area contributed by atoms with Crippen LogP contribution in [-0.2, 0) is 33.3 Å². The number of aliphatic hydroxyl groups excluding tert-OH is 6. The highest BCUT2D eigenvalue weighted by atomic mass is 33.1. The second-order valence-corrected chi connectivity index (χ2v) is 24.8. The molecule has 16 atom stereocenters. The van der Waals surface area contributed by atoms with E-state index >= 15 is 4.79 Å². The van der Waals surface area contributed by atoms with Crippen molar-refractivity contribution in [2.45, 2.75) is 103 Å². The molecule has 24 nitrogen and oxygen atoms in total. The Hall–Kier alpha value is -3.58. The lowest BCUT2D eigenvalue weighted by Gasteiger charge is -2.48. The number of carboxylic acid groups (broad SMARTS) is 1. The molecule has 1 aliphatic carbocycles. The van der Waals surface area contributed by atoms with Gasteiger partial charge < -0.3 is 91.7 Å². The minimum Gasteiger partial charge on any atom is -0.477 e. The van der Waals surface area contributed by atoms with Crippen molar-refractivity contribution in [3.8, 4) is 11.8 Å². The molecule has 17 N–H and O–H groups in total. The molecule has 28 heteroatoms. The highest BCUT2D eigenvalue weighted by molar-refractivity contribution is 8.79. The fraction of sp³-hybridized carbons (Fsp3) is 0.667. The van der Waals surface area contributed by atoms with Crippen molar-refractivity contribution >= 4 is 67.0 Å². The van der Waals surface area contributed by atoms with Crippen molar-refractivity contribution in [1.82, 2.24) is 16.0 Å². The van der Waals surface area contributed by atoms with Crippen molar-refractivity contribution in [2.24, 2.45) is 45.1 Å². The first kappa shape index (κ1) is 58.6. The van der Waals surface area contributed by atoms with Gasteiger partial charge in [-0.1, -0.05) is 67.2 Å². The van der Waals surface area contributed by atoms with E-state index in [0.717, 1.165) is 0 Å². The normalized spacial score (nSPS) is 38.0. The third-order valence-corrected chi connectivity index (χ3v) is 20.9. The monoisotopic (exact) mass is 1140 g/mol. The van der Waals surface area contributed by atoms with Gasteiger partial charge in [0.1, 0.15) is 53.6 Å². The van der Waals surface area contributed by atoms with E-state index in [4.69, 9.17) is 35.2 Å². The van der Waals surface area contributed by atoms with Gasteiger partial charge in [-0.2, -0.15) is 0 Å². The van der Waals surface area contributed by atoms with Crippen molar-refractivity contribution < 1.29 is 84.1 Å². The van der Waals surface area contributed by atoms with E-state index < -0.39 is 109 Å². The Morgan fingerprint density at radius 2 is 1.95 bits per heavy atom. The quantitative estimate of drug-likeness (QED) is 0.0103. The number of esters is 1. The molecular weight excluding hydrogens is 1070 g/mol. The second kappa shape index (κ2) is 26.1. The number of guanidine groups is 2.